The quantitative estimate of drug-likeness (QED) is 0.784. The number of rotatable bonds is 1. The lowest BCUT2D eigenvalue weighted by molar-refractivity contribution is 0.299. The normalized spacial score (nSPS) is 26.9. The topological polar surface area (TPSA) is 46.3 Å². The van der Waals surface area contributed by atoms with E-state index >= 15 is 0 Å². The van der Waals surface area contributed by atoms with Crippen LogP contribution in [0.5, 0.6) is 0 Å². The minimum absolute atomic E-state index is 0.713. The van der Waals surface area contributed by atoms with Crippen LogP contribution in [0.4, 0.5) is 5.82 Å². The number of nitrogens with zero attached hydrogens (tertiary/aromatic N) is 5. The molecule has 0 N–H and O–H groups in total. The zero-order chi connectivity index (χ0) is 12.8. The minimum atomic E-state index is 0.713. The Balaban J connectivity index is 1.72. The molecule has 5 heteroatoms. The van der Waals surface area contributed by atoms with Crippen LogP contribution in [-0.2, 0) is 0 Å². The second kappa shape index (κ2) is 4.18. The van der Waals surface area contributed by atoms with E-state index in [0.717, 1.165) is 23.3 Å². The van der Waals surface area contributed by atoms with E-state index in [1.807, 2.05) is 11.4 Å². The number of hydrogen-bond acceptors (Lipinski definition) is 4. The zero-order valence-corrected chi connectivity index (χ0v) is 11.3. The van der Waals surface area contributed by atoms with Crippen molar-refractivity contribution in [2.24, 2.45) is 11.8 Å². The van der Waals surface area contributed by atoms with E-state index in [-0.39, 0.29) is 0 Å². The van der Waals surface area contributed by atoms with Crippen LogP contribution in [0.1, 0.15) is 31.4 Å². The van der Waals surface area contributed by atoms with Crippen LogP contribution in [0.15, 0.2) is 12.4 Å². The van der Waals surface area contributed by atoms with Gasteiger partial charge in [0.15, 0.2) is 0 Å². The molecule has 2 unspecified atom stereocenters. The molecule has 2 aliphatic rings. The molecule has 2 aromatic rings. The highest BCUT2D eigenvalue weighted by molar-refractivity contribution is 5.48. The Morgan fingerprint density at radius 3 is 2.63 bits per heavy atom. The van der Waals surface area contributed by atoms with Crippen molar-refractivity contribution in [2.75, 3.05) is 18.0 Å². The molecule has 1 aliphatic heterocycles. The second-order valence-electron chi connectivity index (χ2n) is 5.94. The molecule has 1 aliphatic carbocycles. The third-order valence-electron chi connectivity index (χ3n) is 4.66. The summed E-state index contributed by atoms with van der Waals surface area (Å²) in [4.78, 5) is 11.1. The standard InChI is InChI=1S/C14H19N5/c1-10-6-13(19-14(17-10)15-9-16-19)18-7-11-4-2-3-5-12(11)8-18/h6,9,11-12H,2-5,7-8H2,1H3. The Hall–Kier alpha value is -1.65. The SMILES string of the molecule is Cc1cc(N2CC3CCCCC3C2)n2ncnc2n1. The van der Waals surface area contributed by atoms with E-state index in [1.54, 1.807) is 6.33 Å². The first-order valence-corrected chi connectivity index (χ1v) is 7.23. The fourth-order valence-corrected chi connectivity index (χ4v) is 3.73. The molecule has 4 rings (SSSR count). The summed E-state index contributed by atoms with van der Waals surface area (Å²) in [5.74, 6) is 3.63. The molecule has 1 saturated heterocycles. The van der Waals surface area contributed by atoms with Gasteiger partial charge in [0.2, 0.25) is 0 Å². The van der Waals surface area contributed by atoms with Gasteiger partial charge in [0, 0.05) is 24.8 Å². The Bertz CT molecular complexity index is 591. The van der Waals surface area contributed by atoms with Crippen molar-refractivity contribution in [1.29, 1.82) is 0 Å². The van der Waals surface area contributed by atoms with Gasteiger partial charge in [-0.3, -0.25) is 0 Å². The fraction of sp³-hybridized carbons (Fsp3) is 0.643. The molecule has 5 nitrogen and oxygen atoms in total. The average Bonchev–Trinajstić information content (AvgIpc) is 3.03. The van der Waals surface area contributed by atoms with Gasteiger partial charge in [-0.05, 0) is 31.6 Å². The summed E-state index contributed by atoms with van der Waals surface area (Å²) in [7, 11) is 0. The van der Waals surface area contributed by atoms with Crippen molar-refractivity contribution in [3.05, 3.63) is 18.1 Å². The van der Waals surface area contributed by atoms with Gasteiger partial charge in [0.25, 0.3) is 5.78 Å². The first-order valence-electron chi connectivity index (χ1n) is 7.23. The lowest BCUT2D eigenvalue weighted by Crippen LogP contribution is -2.23. The second-order valence-corrected chi connectivity index (χ2v) is 5.94. The molecule has 0 spiro atoms. The molecule has 2 aromatic heterocycles. The highest BCUT2D eigenvalue weighted by Gasteiger charge is 2.35. The molecule has 0 radical (unpaired) electrons. The van der Waals surface area contributed by atoms with Gasteiger partial charge in [0.05, 0.1) is 0 Å². The Morgan fingerprint density at radius 1 is 1.16 bits per heavy atom. The Morgan fingerprint density at radius 2 is 1.89 bits per heavy atom. The van der Waals surface area contributed by atoms with Crippen molar-refractivity contribution in [3.63, 3.8) is 0 Å². The van der Waals surface area contributed by atoms with Gasteiger partial charge in [-0.15, -0.1) is 0 Å². The predicted molar refractivity (Wildman–Crippen MR) is 73.2 cm³/mol. The first-order chi connectivity index (χ1) is 9.31. The van der Waals surface area contributed by atoms with Crippen LogP contribution in [-0.4, -0.2) is 32.7 Å². The zero-order valence-electron chi connectivity index (χ0n) is 11.3. The van der Waals surface area contributed by atoms with Crippen molar-refractivity contribution in [2.45, 2.75) is 32.6 Å². The minimum Gasteiger partial charge on any atom is -0.356 e. The van der Waals surface area contributed by atoms with Gasteiger partial charge in [0.1, 0.15) is 12.1 Å². The molecule has 3 heterocycles. The summed E-state index contributed by atoms with van der Waals surface area (Å²) in [6.45, 7) is 4.37. The van der Waals surface area contributed by atoms with Gasteiger partial charge in [-0.1, -0.05) is 12.8 Å². The van der Waals surface area contributed by atoms with Gasteiger partial charge in [-0.2, -0.15) is 14.6 Å². The molecule has 19 heavy (non-hydrogen) atoms. The molecule has 2 atom stereocenters. The third-order valence-corrected chi connectivity index (χ3v) is 4.66. The summed E-state index contributed by atoms with van der Waals surface area (Å²) >= 11 is 0. The molecular formula is C14H19N5. The predicted octanol–water partition coefficient (Wildman–Crippen LogP) is 2.06. The number of aromatic nitrogens is 4. The van der Waals surface area contributed by atoms with E-state index in [1.165, 1.54) is 38.8 Å². The monoisotopic (exact) mass is 257 g/mol. The van der Waals surface area contributed by atoms with E-state index in [9.17, 15) is 0 Å². The maximum Gasteiger partial charge on any atom is 0.254 e. The largest absolute Gasteiger partial charge is 0.356 e. The average molecular weight is 257 g/mol. The summed E-state index contributed by atoms with van der Waals surface area (Å²) in [6.07, 6.45) is 7.19. The maximum absolute atomic E-state index is 4.42. The molecule has 100 valence electrons. The van der Waals surface area contributed by atoms with Crippen LogP contribution >= 0.6 is 0 Å². The molecule has 1 saturated carbocycles. The van der Waals surface area contributed by atoms with Gasteiger partial charge >= 0.3 is 0 Å². The first kappa shape index (κ1) is 11.2. The van der Waals surface area contributed by atoms with Crippen LogP contribution < -0.4 is 4.90 Å². The van der Waals surface area contributed by atoms with Crippen molar-refractivity contribution >= 4 is 11.6 Å². The van der Waals surface area contributed by atoms with Crippen molar-refractivity contribution in [1.82, 2.24) is 19.6 Å². The fourth-order valence-electron chi connectivity index (χ4n) is 3.73. The van der Waals surface area contributed by atoms with E-state index in [0.29, 0.717) is 5.78 Å². The smallest absolute Gasteiger partial charge is 0.254 e. The highest BCUT2D eigenvalue weighted by Crippen LogP contribution is 2.37. The third kappa shape index (κ3) is 1.79. The van der Waals surface area contributed by atoms with Gasteiger partial charge in [-0.25, -0.2) is 4.98 Å². The number of aryl methyl sites for hydroxylation is 1. The summed E-state index contributed by atoms with van der Waals surface area (Å²) in [5.41, 5.74) is 1.02. The lowest BCUT2D eigenvalue weighted by Gasteiger charge is -2.22. The van der Waals surface area contributed by atoms with Crippen LogP contribution in [0.2, 0.25) is 0 Å². The maximum atomic E-state index is 4.42. The van der Waals surface area contributed by atoms with Crippen molar-refractivity contribution < 1.29 is 0 Å². The number of fused-ring (bicyclic) bond motifs is 2. The summed E-state index contributed by atoms with van der Waals surface area (Å²) < 4.78 is 1.88. The molecule has 0 aromatic carbocycles. The van der Waals surface area contributed by atoms with E-state index in [4.69, 9.17) is 0 Å². The number of hydrogen-bond donors (Lipinski definition) is 0. The van der Waals surface area contributed by atoms with E-state index in [2.05, 4.69) is 26.0 Å². The highest BCUT2D eigenvalue weighted by atomic mass is 15.4. The Kier molecular flexibility index (Phi) is 2.47. The van der Waals surface area contributed by atoms with Crippen LogP contribution in [0.25, 0.3) is 5.78 Å². The molecule has 2 fully saturated rings. The van der Waals surface area contributed by atoms with E-state index < -0.39 is 0 Å². The summed E-state index contributed by atoms with van der Waals surface area (Å²) in [6, 6.07) is 2.14. The van der Waals surface area contributed by atoms with Crippen LogP contribution in [0, 0.1) is 18.8 Å². The molecule has 0 amide bonds. The summed E-state index contributed by atoms with van der Waals surface area (Å²) in [5, 5.41) is 4.32. The van der Waals surface area contributed by atoms with Crippen LogP contribution in [0.3, 0.4) is 0 Å². The van der Waals surface area contributed by atoms with Crippen molar-refractivity contribution in [3.8, 4) is 0 Å². The molecular weight excluding hydrogens is 238 g/mol. The lowest BCUT2D eigenvalue weighted by atomic mass is 9.82. The number of anilines is 1. The van der Waals surface area contributed by atoms with Gasteiger partial charge < -0.3 is 4.90 Å². The Labute approximate surface area is 112 Å². The molecule has 0 bridgehead atoms.